The van der Waals surface area contributed by atoms with Crippen molar-refractivity contribution in [2.75, 3.05) is 7.11 Å². The largest absolute Gasteiger partial charge is 0.483 e. The van der Waals surface area contributed by atoms with Crippen LogP contribution in [0.5, 0.6) is 11.6 Å². The number of rotatable bonds is 7. The molecule has 0 amide bonds. The Balaban J connectivity index is 1.51. The number of methoxy groups -OCH3 is 1. The second kappa shape index (κ2) is 11.1. The monoisotopic (exact) mass is 426 g/mol. The van der Waals surface area contributed by atoms with Crippen LogP contribution in [0.3, 0.4) is 0 Å². The summed E-state index contributed by atoms with van der Waals surface area (Å²) in [5.41, 5.74) is 3.77. The van der Waals surface area contributed by atoms with Crippen LogP contribution in [-0.4, -0.2) is 23.4 Å². The van der Waals surface area contributed by atoms with Crippen LogP contribution in [0.15, 0.2) is 78.4 Å². The third-order valence-electron chi connectivity index (χ3n) is 5.23. The minimum atomic E-state index is 0.291. The third kappa shape index (κ3) is 6.19. The minimum absolute atomic E-state index is 0.291. The third-order valence-corrected chi connectivity index (χ3v) is 5.23. The zero-order chi connectivity index (χ0) is 22.0. The number of allylic oxidation sites excluding steroid dienone is 1. The van der Waals surface area contributed by atoms with Gasteiger partial charge in [-0.2, -0.15) is 0 Å². The van der Waals surface area contributed by atoms with Gasteiger partial charge in [-0.1, -0.05) is 72.7 Å². The number of benzene rings is 2. The van der Waals surface area contributed by atoms with Gasteiger partial charge in [-0.15, -0.1) is 10.2 Å². The Hall–Kier alpha value is -3.62. The summed E-state index contributed by atoms with van der Waals surface area (Å²) < 4.78 is 17.4. The maximum absolute atomic E-state index is 6.05. The van der Waals surface area contributed by atoms with Gasteiger partial charge in [0.15, 0.2) is 5.75 Å². The molecule has 0 N–H and O–H groups in total. The van der Waals surface area contributed by atoms with Gasteiger partial charge in [0.1, 0.15) is 18.9 Å². The minimum Gasteiger partial charge on any atom is -0.483 e. The first-order valence-electron chi connectivity index (χ1n) is 10.7. The smallest absolute Gasteiger partial charge is 0.276 e. The number of nitrogens with zero attached hydrogens (tertiary/aromatic N) is 2. The van der Waals surface area contributed by atoms with Crippen molar-refractivity contribution in [1.82, 2.24) is 10.2 Å². The lowest BCUT2D eigenvalue weighted by Crippen LogP contribution is -2.13. The van der Waals surface area contributed by atoms with Crippen LogP contribution in [0.4, 0.5) is 0 Å². The Morgan fingerprint density at radius 1 is 0.875 bits per heavy atom. The summed E-state index contributed by atoms with van der Waals surface area (Å²) in [5.74, 6) is 7.22. The summed E-state index contributed by atoms with van der Waals surface area (Å²) in [6.07, 6.45) is 5.22. The average Bonchev–Trinajstić information content (AvgIpc) is 2.87. The van der Waals surface area contributed by atoms with E-state index < -0.39 is 0 Å². The lowest BCUT2D eigenvalue weighted by Gasteiger charge is -2.17. The molecule has 1 unspecified atom stereocenters. The van der Waals surface area contributed by atoms with Crippen LogP contribution in [0, 0.1) is 11.8 Å². The number of ether oxygens (including phenoxy) is 3. The maximum atomic E-state index is 6.05. The van der Waals surface area contributed by atoms with Crippen LogP contribution in [0.1, 0.15) is 36.1 Å². The van der Waals surface area contributed by atoms with Crippen molar-refractivity contribution in [3.8, 4) is 23.5 Å². The first-order valence-corrected chi connectivity index (χ1v) is 10.7. The highest BCUT2D eigenvalue weighted by Gasteiger charge is 2.13. The lowest BCUT2D eigenvalue weighted by molar-refractivity contribution is 0.0946. The lowest BCUT2D eigenvalue weighted by atomic mass is 9.97. The van der Waals surface area contributed by atoms with E-state index >= 15 is 0 Å². The molecule has 0 radical (unpaired) electrons. The van der Waals surface area contributed by atoms with Gasteiger partial charge < -0.3 is 14.2 Å². The van der Waals surface area contributed by atoms with E-state index in [1.54, 1.807) is 13.2 Å². The molecular formula is C27H26N2O3. The highest BCUT2D eigenvalue weighted by molar-refractivity contribution is 5.43. The van der Waals surface area contributed by atoms with Crippen LogP contribution in [0.25, 0.3) is 0 Å². The summed E-state index contributed by atoms with van der Waals surface area (Å²) in [6, 6.07) is 21.7. The summed E-state index contributed by atoms with van der Waals surface area (Å²) in [7, 11) is 1.75. The van der Waals surface area contributed by atoms with E-state index in [-0.39, 0.29) is 0 Å². The molecule has 1 aliphatic carbocycles. The summed E-state index contributed by atoms with van der Waals surface area (Å²) in [6.45, 7) is 0.792. The molecule has 5 nitrogen and oxygen atoms in total. The SMILES string of the molecule is COC1CC=C(C#Cc2cc(OCc3ccccc3)c(OCc3ccccc3)nn2)CC1. The first-order chi connectivity index (χ1) is 15.8. The zero-order valence-corrected chi connectivity index (χ0v) is 18.2. The van der Waals surface area contributed by atoms with Crippen LogP contribution >= 0.6 is 0 Å². The van der Waals surface area contributed by atoms with Crippen LogP contribution in [0.2, 0.25) is 0 Å². The molecule has 1 heterocycles. The second-order valence-electron chi connectivity index (χ2n) is 7.56. The van der Waals surface area contributed by atoms with E-state index in [9.17, 15) is 0 Å². The molecule has 4 rings (SSSR count). The van der Waals surface area contributed by atoms with E-state index in [0.717, 1.165) is 36.0 Å². The van der Waals surface area contributed by atoms with Crippen molar-refractivity contribution < 1.29 is 14.2 Å². The molecule has 3 aromatic rings. The highest BCUT2D eigenvalue weighted by atomic mass is 16.5. The molecule has 162 valence electrons. The van der Waals surface area contributed by atoms with Gasteiger partial charge >= 0.3 is 0 Å². The van der Waals surface area contributed by atoms with Gasteiger partial charge in [-0.3, -0.25) is 0 Å². The quantitative estimate of drug-likeness (QED) is 0.492. The summed E-state index contributed by atoms with van der Waals surface area (Å²) >= 11 is 0. The molecule has 1 atom stereocenters. The summed E-state index contributed by atoms with van der Waals surface area (Å²) in [4.78, 5) is 0. The molecule has 0 saturated heterocycles. The molecule has 5 heteroatoms. The molecule has 0 aliphatic heterocycles. The van der Waals surface area contributed by atoms with Gasteiger partial charge in [-0.25, -0.2) is 0 Å². The Labute approximate surface area is 189 Å². The molecule has 0 spiro atoms. The zero-order valence-electron chi connectivity index (χ0n) is 18.2. The standard InChI is InChI=1S/C27H26N2O3/c1-30-25-16-13-21(14-17-25)12-15-24-18-26(31-19-22-8-4-2-5-9-22)27(29-28-24)32-20-23-10-6-3-7-11-23/h2-11,13,18,25H,14,16-17,19-20H2,1H3. The topological polar surface area (TPSA) is 53.5 Å². The number of hydrogen-bond donors (Lipinski definition) is 0. The summed E-state index contributed by atoms with van der Waals surface area (Å²) in [5, 5.41) is 8.50. The van der Waals surface area contributed by atoms with E-state index in [1.807, 2.05) is 60.7 Å². The van der Waals surface area contributed by atoms with E-state index in [2.05, 4.69) is 28.1 Å². The van der Waals surface area contributed by atoms with Gasteiger partial charge in [0.25, 0.3) is 5.88 Å². The van der Waals surface area contributed by atoms with Crippen molar-refractivity contribution in [2.24, 2.45) is 0 Å². The van der Waals surface area contributed by atoms with Gasteiger partial charge in [-0.05, 0) is 41.9 Å². The Morgan fingerprint density at radius 2 is 1.56 bits per heavy atom. The average molecular weight is 427 g/mol. The van der Waals surface area contributed by atoms with Crippen molar-refractivity contribution in [3.05, 3.63) is 95.2 Å². The van der Waals surface area contributed by atoms with Gasteiger partial charge in [0, 0.05) is 13.2 Å². The molecular weight excluding hydrogens is 400 g/mol. The van der Waals surface area contributed by atoms with E-state index in [4.69, 9.17) is 14.2 Å². The Kier molecular flexibility index (Phi) is 7.51. The van der Waals surface area contributed by atoms with E-state index in [1.165, 1.54) is 0 Å². The number of aromatic nitrogens is 2. The molecule has 0 bridgehead atoms. The molecule has 32 heavy (non-hydrogen) atoms. The fourth-order valence-corrected chi connectivity index (χ4v) is 3.37. The predicted molar refractivity (Wildman–Crippen MR) is 123 cm³/mol. The molecule has 0 fully saturated rings. The van der Waals surface area contributed by atoms with Crippen LogP contribution < -0.4 is 9.47 Å². The predicted octanol–water partition coefficient (Wildman–Crippen LogP) is 5.11. The molecule has 2 aromatic carbocycles. The van der Waals surface area contributed by atoms with Crippen molar-refractivity contribution in [2.45, 2.75) is 38.6 Å². The fraction of sp³-hybridized carbons (Fsp3) is 0.259. The molecule has 1 aromatic heterocycles. The van der Waals surface area contributed by atoms with Crippen molar-refractivity contribution in [3.63, 3.8) is 0 Å². The Morgan fingerprint density at radius 3 is 2.19 bits per heavy atom. The number of hydrogen-bond acceptors (Lipinski definition) is 5. The molecule has 0 saturated carbocycles. The van der Waals surface area contributed by atoms with E-state index in [0.29, 0.717) is 36.6 Å². The highest BCUT2D eigenvalue weighted by Crippen LogP contribution is 2.26. The van der Waals surface area contributed by atoms with Crippen LogP contribution in [-0.2, 0) is 18.0 Å². The normalized spacial score (nSPS) is 15.3. The maximum Gasteiger partial charge on any atom is 0.276 e. The fourth-order valence-electron chi connectivity index (χ4n) is 3.37. The van der Waals surface area contributed by atoms with Gasteiger partial charge in [0.05, 0.1) is 6.10 Å². The second-order valence-corrected chi connectivity index (χ2v) is 7.56. The van der Waals surface area contributed by atoms with Crippen molar-refractivity contribution >= 4 is 0 Å². The van der Waals surface area contributed by atoms with Gasteiger partial charge in [0.2, 0.25) is 0 Å². The van der Waals surface area contributed by atoms with Crippen molar-refractivity contribution in [1.29, 1.82) is 0 Å². The molecule has 1 aliphatic rings. The first kappa shape index (κ1) is 21.6. The Bertz CT molecular complexity index is 1100.